The zero-order valence-electron chi connectivity index (χ0n) is 27.7. The normalized spacial score (nSPS) is 22.9. The molecule has 3 rings (SSSR count). The summed E-state index contributed by atoms with van der Waals surface area (Å²) in [6.45, 7) is 9.01. The molecule has 0 saturated heterocycles. The van der Waals surface area contributed by atoms with Crippen molar-refractivity contribution in [2.24, 2.45) is 29.6 Å². The number of nitrogens with one attached hydrogen (secondary N) is 2. The Morgan fingerprint density at radius 2 is 1.26 bits per heavy atom. The lowest BCUT2D eigenvalue weighted by atomic mass is 9.82. The molecule has 3 aliphatic carbocycles. The molecule has 0 radical (unpaired) electrons. The van der Waals surface area contributed by atoms with Gasteiger partial charge in [0, 0.05) is 0 Å². The monoisotopic (exact) mass is 626 g/mol. The average Bonchev–Trinajstić information content (AvgIpc) is 3.75. The number of aliphatic hydroxyl groups excluding tert-OH is 2. The van der Waals surface area contributed by atoms with Gasteiger partial charge >= 0.3 is 0 Å². The third-order valence-corrected chi connectivity index (χ3v) is 12.8. The van der Waals surface area contributed by atoms with E-state index in [4.69, 9.17) is 0 Å². The van der Waals surface area contributed by atoms with Gasteiger partial charge in [0.15, 0.2) is 9.84 Å². The molecule has 0 unspecified atom stereocenters. The van der Waals surface area contributed by atoms with Gasteiger partial charge < -0.3 is 20.8 Å². The lowest BCUT2D eigenvalue weighted by molar-refractivity contribution is -0.132. The van der Waals surface area contributed by atoms with Gasteiger partial charge in [-0.1, -0.05) is 90.9 Å². The fourth-order valence-corrected chi connectivity index (χ4v) is 8.36. The average molecular weight is 627 g/mol. The van der Waals surface area contributed by atoms with E-state index in [1.807, 2.05) is 13.8 Å². The SMILES string of the molecule is CC(C)C[C@H](O)[C@H](O)[C@H](CC1CCCCC1)NC(=O)[C@H](CC1CC1)NC(=O)[C@H](CC1CCCCC1)CS(=O)(=O)C(C)(C)C. The van der Waals surface area contributed by atoms with Crippen molar-refractivity contribution in [1.82, 2.24) is 10.6 Å². The number of carbonyl (C=O) groups excluding carboxylic acids is 2. The van der Waals surface area contributed by atoms with Crippen molar-refractivity contribution in [3.8, 4) is 0 Å². The van der Waals surface area contributed by atoms with Crippen molar-refractivity contribution < 1.29 is 28.2 Å². The molecule has 8 nitrogen and oxygen atoms in total. The lowest BCUT2D eigenvalue weighted by Gasteiger charge is -2.34. The van der Waals surface area contributed by atoms with E-state index in [1.54, 1.807) is 20.8 Å². The molecule has 0 bridgehead atoms. The van der Waals surface area contributed by atoms with E-state index in [1.165, 1.54) is 12.8 Å². The number of aliphatic hydroxyl groups is 2. The highest BCUT2D eigenvalue weighted by molar-refractivity contribution is 7.92. The highest BCUT2D eigenvalue weighted by atomic mass is 32.2. The third-order valence-electron chi connectivity index (χ3n) is 10.1. The van der Waals surface area contributed by atoms with Crippen LogP contribution in [0.3, 0.4) is 0 Å². The maximum Gasteiger partial charge on any atom is 0.242 e. The second kappa shape index (κ2) is 16.4. The van der Waals surface area contributed by atoms with Crippen LogP contribution in [0.25, 0.3) is 0 Å². The summed E-state index contributed by atoms with van der Waals surface area (Å²) in [7, 11) is -3.55. The fraction of sp³-hybridized carbons (Fsp3) is 0.941. The van der Waals surface area contributed by atoms with Crippen LogP contribution in [0, 0.1) is 29.6 Å². The van der Waals surface area contributed by atoms with Crippen LogP contribution in [0.1, 0.15) is 137 Å². The number of amides is 2. The van der Waals surface area contributed by atoms with Crippen molar-refractivity contribution >= 4 is 21.7 Å². The summed E-state index contributed by atoms with van der Waals surface area (Å²) in [6.07, 6.45) is 13.0. The topological polar surface area (TPSA) is 133 Å². The molecule has 0 aromatic heterocycles. The van der Waals surface area contributed by atoms with Crippen LogP contribution in [-0.4, -0.2) is 65.2 Å². The number of rotatable bonds is 16. The first-order valence-electron chi connectivity index (χ1n) is 17.4. The zero-order valence-corrected chi connectivity index (χ0v) is 28.5. The van der Waals surface area contributed by atoms with Gasteiger partial charge in [-0.25, -0.2) is 8.42 Å². The molecule has 5 atom stereocenters. The van der Waals surface area contributed by atoms with Crippen LogP contribution in [0.4, 0.5) is 0 Å². The Balaban J connectivity index is 1.77. The van der Waals surface area contributed by atoms with Crippen molar-refractivity contribution in [2.75, 3.05) is 5.75 Å². The molecular weight excluding hydrogens is 564 g/mol. The van der Waals surface area contributed by atoms with Crippen molar-refractivity contribution in [3.05, 3.63) is 0 Å². The van der Waals surface area contributed by atoms with Crippen molar-refractivity contribution in [1.29, 1.82) is 0 Å². The second-order valence-electron chi connectivity index (χ2n) is 15.6. The molecule has 0 aliphatic heterocycles. The van der Waals surface area contributed by atoms with Gasteiger partial charge in [0.25, 0.3) is 0 Å². The van der Waals surface area contributed by atoms with Crippen molar-refractivity contribution in [3.63, 3.8) is 0 Å². The first kappa shape index (κ1) is 36.3. The molecule has 43 heavy (non-hydrogen) atoms. The van der Waals surface area contributed by atoms with Gasteiger partial charge in [-0.3, -0.25) is 9.59 Å². The van der Waals surface area contributed by atoms with Crippen LogP contribution < -0.4 is 10.6 Å². The van der Waals surface area contributed by atoms with E-state index < -0.39 is 44.8 Å². The first-order valence-corrected chi connectivity index (χ1v) is 19.0. The van der Waals surface area contributed by atoms with Gasteiger partial charge in [-0.15, -0.1) is 0 Å². The van der Waals surface area contributed by atoms with Crippen molar-refractivity contribution in [2.45, 2.75) is 166 Å². The molecule has 0 heterocycles. The summed E-state index contributed by atoms with van der Waals surface area (Å²) in [4.78, 5) is 27.7. The minimum absolute atomic E-state index is 0.197. The van der Waals surface area contributed by atoms with Gasteiger partial charge in [0.2, 0.25) is 11.8 Å². The van der Waals surface area contributed by atoms with Gasteiger partial charge in [0.1, 0.15) is 12.1 Å². The smallest absolute Gasteiger partial charge is 0.242 e. The Morgan fingerprint density at radius 3 is 1.74 bits per heavy atom. The van der Waals surface area contributed by atoms with E-state index in [0.29, 0.717) is 43.4 Å². The summed E-state index contributed by atoms with van der Waals surface area (Å²) in [5.41, 5.74) is 0. The van der Waals surface area contributed by atoms with Gasteiger partial charge in [-0.05, 0) is 70.1 Å². The maximum atomic E-state index is 13.9. The molecular formula is C34H62N2O6S. The molecule has 2 amide bonds. The molecule has 0 aromatic rings. The van der Waals surface area contributed by atoms with Gasteiger partial charge in [-0.2, -0.15) is 0 Å². The van der Waals surface area contributed by atoms with E-state index in [2.05, 4.69) is 10.6 Å². The standard InChI is InChI=1S/C34H62N2O6S/c1-23(2)18-30(37)31(38)28(20-25-14-10-7-11-15-25)35-33(40)29(21-26-16-17-26)36-32(39)27(19-24-12-8-6-9-13-24)22-43(41,42)34(3,4)5/h23-31,37-38H,6-22H2,1-5H3,(H,35,40)(H,36,39)/t27-,28+,29+,30+,31-/m1/s1. The highest BCUT2D eigenvalue weighted by Gasteiger charge is 2.39. The van der Waals surface area contributed by atoms with Crippen LogP contribution in [0.2, 0.25) is 0 Å². The van der Waals surface area contributed by atoms with Crippen LogP contribution in [-0.2, 0) is 19.4 Å². The predicted octanol–water partition coefficient (Wildman–Crippen LogP) is 5.29. The Labute approximate surface area is 261 Å². The number of hydrogen-bond donors (Lipinski definition) is 4. The summed E-state index contributed by atoms with van der Waals surface area (Å²) >= 11 is 0. The van der Waals surface area contributed by atoms with Crippen LogP contribution >= 0.6 is 0 Å². The van der Waals surface area contributed by atoms with E-state index in [-0.39, 0.29) is 23.5 Å². The number of sulfone groups is 1. The maximum absolute atomic E-state index is 13.9. The summed E-state index contributed by atoms with van der Waals surface area (Å²) in [6, 6.07) is -1.41. The number of carbonyl (C=O) groups is 2. The summed E-state index contributed by atoms with van der Waals surface area (Å²) in [5, 5.41) is 28.1. The van der Waals surface area contributed by atoms with Crippen LogP contribution in [0.15, 0.2) is 0 Å². The molecule has 3 saturated carbocycles. The minimum Gasteiger partial charge on any atom is -0.390 e. The molecule has 250 valence electrons. The van der Waals surface area contributed by atoms with E-state index >= 15 is 0 Å². The Hall–Kier alpha value is -1.19. The molecule has 0 aromatic carbocycles. The Morgan fingerprint density at radius 1 is 0.744 bits per heavy atom. The Bertz CT molecular complexity index is 977. The number of hydrogen-bond acceptors (Lipinski definition) is 6. The summed E-state index contributed by atoms with van der Waals surface area (Å²) < 4.78 is 25.5. The second-order valence-corrected chi connectivity index (χ2v) is 18.4. The molecule has 9 heteroatoms. The lowest BCUT2D eigenvalue weighted by Crippen LogP contribution is -2.56. The highest BCUT2D eigenvalue weighted by Crippen LogP contribution is 2.35. The minimum atomic E-state index is -3.55. The van der Waals surface area contributed by atoms with Crippen LogP contribution in [0.5, 0.6) is 0 Å². The molecule has 4 N–H and O–H groups in total. The molecule has 3 fully saturated rings. The zero-order chi connectivity index (χ0) is 31.8. The van der Waals surface area contributed by atoms with E-state index in [0.717, 1.165) is 64.2 Å². The molecule has 3 aliphatic rings. The fourth-order valence-electron chi connectivity index (χ4n) is 7.04. The largest absolute Gasteiger partial charge is 0.390 e. The first-order chi connectivity index (χ1) is 20.2. The van der Waals surface area contributed by atoms with E-state index in [9.17, 15) is 28.2 Å². The van der Waals surface area contributed by atoms with Gasteiger partial charge in [0.05, 0.1) is 28.6 Å². The quantitative estimate of drug-likeness (QED) is 0.184. The summed E-state index contributed by atoms with van der Waals surface area (Å²) in [5.74, 6) is -0.399. The predicted molar refractivity (Wildman–Crippen MR) is 172 cm³/mol. The third kappa shape index (κ3) is 11.9. The Kier molecular flexibility index (Phi) is 13.8. The molecule has 0 spiro atoms.